The number of alkyl halides is 4. The van der Waals surface area contributed by atoms with Gasteiger partial charge in [0.2, 0.25) is 24.5 Å². The summed E-state index contributed by atoms with van der Waals surface area (Å²) in [6, 6.07) is 11.9. The number of halogens is 7. The topological polar surface area (TPSA) is 75.3 Å². The Bertz CT molecular complexity index is 1200. The molecule has 0 spiro atoms. The van der Waals surface area contributed by atoms with Crippen LogP contribution in [0.5, 0.6) is 0 Å². The van der Waals surface area contributed by atoms with Crippen molar-refractivity contribution in [3.63, 3.8) is 0 Å². The minimum Gasteiger partial charge on any atom is -0.359 e. The van der Waals surface area contributed by atoms with E-state index in [4.69, 9.17) is 81.2 Å². The predicted molar refractivity (Wildman–Crippen MR) is 132 cm³/mol. The van der Waals surface area contributed by atoms with Gasteiger partial charge in [0.15, 0.2) is 5.66 Å². The number of nitrogens with one attached hydrogen (secondary N) is 2. The van der Waals surface area contributed by atoms with Crippen LogP contribution in [0.15, 0.2) is 63.5 Å². The van der Waals surface area contributed by atoms with Crippen LogP contribution in [-0.2, 0) is 14.8 Å². The number of benzene rings is 2. The lowest BCUT2D eigenvalue weighted by atomic mass is 9.92. The smallest absolute Gasteiger partial charge is 0.242 e. The Morgan fingerprint density at radius 1 is 0.844 bits per heavy atom. The molecule has 5 nitrogen and oxygen atoms in total. The predicted octanol–water partition coefficient (Wildman–Crippen LogP) is 6.35. The fourth-order valence-corrected chi connectivity index (χ4v) is 6.35. The lowest BCUT2D eigenvalue weighted by Gasteiger charge is -2.50. The summed E-state index contributed by atoms with van der Waals surface area (Å²) < 4.78 is 23.7. The summed E-state index contributed by atoms with van der Waals surface area (Å²) in [5, 5.41) is 1.94. The van der Waals surface area contributed by atoms with E-state index in [0.29, 0.717) is 10.7 Å². The highest BCUT2D eigenvalue weighted by Gasteiger charge is 2.71. The quantitative estimate of drug-likeness (QED) is 0.311. The normalized spacial score (nSPS) is 22.7. The molecule has 2 N–H and O–H groups in total. The average molecular weight is 598 g/mol. The van der Waals surface area contributed by atoms with Crippen LogP contribution in [0, 0.1) is 6.92 Å². The molecule has 3 rings (SSSR count). The molecule has 0 heterocycles. The monoisotopic (exact) mass is 594 g/mol. The molecule has 0 aromatic heterocycles. The first-order valence-corrected chi connectivity index (χ1v) is 12.8. The molecule has 0 aliphatic heterocycles. The Morgan fingerprint density at radius 2 is 1.38 bits per heavy atom. The summed E-state index contributed by atoms with van der Waals surface area (Å²) in [6.07, 6.45) is 0. The van der Waals surface area contributed by atoms with E-state index in [1.54, 1.807) is 24.3 Å². The Kier molecular flexibility index (Phi) is 7.36. The Morgan fingerprint density at radius 3 is 1.91 bits per heavy atom. The average Bonchev–Trinajstić information content (AvgIpc) is 2.72. The van der Waals surface area contributed by atoms with Crippen LogP contribution in [0.3, 0.4) is 0 Å². The number of allylic oxidation sites excluding steroid dienone is 1. The van der Waals surface area contributed by atoms with Crippen LogP contribution in [0.25, 0.3) is 0 Å². The maximum atomic E-state index is 13.3. The van der Waals surface area contributed by atoms with Crippen molar-refractivity contribution < 1.29 is 13.2 Å². The first-order valence-electron chi connectivity index (χ1n) is 8.66. The molecule has 1 aliphatic rings. The van der Waals surface area contributed by atoms with Crippen molar-refractivity contribution in [3.8, 4) is 0 Å². The van der Waals surface area contributed by atoms with Gasteiger partial charge in [-0.2, -0.15) is 4.72 Å². The molecule has 172 valence electrons. The van der Waals surface area contributed by atoms with Crippen molar-refractivity contribution in [2.75, 3.05) is 5.32 Å². The van der Waals surface area contributed by atoms with Crippen molar-refractivity contribution in [2.45, 2.75) is 26.1 Å². The van der Waals surface area contributed by atoms with Gasteiger partial charge in [0.25, 0.3) is 0 Å². The first-order chi connectivity index (χ1) is 14.7. The molecule has 1 atom stereocenters. The Hall–Kier alpha value is -0.410. The highest BCUT2D eigenvalue weighted by Crippen LogP contribution is 2.58. The minimum absolute atomic E-state index is 0.205. The molecule has 0 saturated carbocycles. The SMILES string of the molecule is Cc1ccc(N[C@@]2(NS(=O)(=O)c3ccc(Cl)cc3)C(Cl)=C(Cl)C(=O)C(Cl)(Cl)C2(Cl)Cl)cc1. The zero-order chi connectivity index (χ0) is 24.1. The van der Waals surface area contributed by atoms with E-state index >= 15 is 0 Å². The molecule has 1 aliphatic carbocycles. The lowest BCUT2D eigenvalue weighted by molar-refractivity contribution is -0.116. The first kappa shape index (κ1) is 26.2. The van der Waals surface area contributed by atoms with Crippen molar-refractivity contribution in [3.05, 3.63) is 69.2 Å². The van der Waals surface area contributed by atoms with Gasteiger partial charge in [-0.25, -0.2) is 8.42 Å². The molecule has 2 aromatic rings. The number of Topliss-reactive ketones (excluding diaryl/α,β-unsaturated/α-hetero) is 1. The molecular formula is C19H13Cl7N2O3S. The Balaban J connectivity index is 2.27. The van der Waals surface area contributed by atoms with E-state index < -0.39 is 40.2 Å². The summed E-state index contributed by atoms with van der Waals surface area (Å²) in [6.45, 7) is 1.85. The number of hydrogen-bond acceptors (Lipinski definition) is 4. The van der Waals surface area contributed by atoms with Crippen LogP contribution in [0.2, 0.25) is 5.02 Å². The second-order valence-electron chi connectivity index (χ2n) is 6.91. The lowest BCUT2D eigenvalue weighted by Crippen LogP contribution is -2.73. The Labute approximate surface area is 219 Å². The van der Waals surface area contributed by atoms with Gasteiger partial charge in [0, 0.05) is 10.7 Å². The van der Waals surface area contributed by atoms with Gasteiger partial charge in [0.05, 0.1) is 9.93 Å². The maximum Gasteiger partial charge on any atom is 0.242 e. The third-order valence-corrected chi connectivity index (χ3v) is 9.75. The van der Waals surface area contributed by atoms with E-state index in [1.807, 2.05) is 6.92 Å². The number of carbonyl (C=O) groups excluding carboxylic acids is 1. The molecule has 0 radical (unpaired) electrons. The van der Waals surface area contributed by atoms with Crippen molar-refractivity contribution in [1.29, 1.82) is 0 Å². The second kappa shape index (κ2) is 8.99. The number of ketones is 1. The van der Waals surface area contributed by atoms with Crippen LogP contribution in [0.1, 0.15) is 5.56 Å². The fraction of sp³-hybridized carbons (Fsp3) is 0.211. The molecule has 13 heteroatoms. The molecule has 32 heavy (non-hydrogen) atoms. The van der Waals surface area contributed by atoms with Crippen molar-refractivity contribution >= 4 is 103 Å². The molecule has 0 unspecified atom stereocenters. The van der Waals surface area contributed by atoms with Crippen molar-refractivity contribution in [2.24, 2.45) is 0 Å². The molecule has 0 fully saturated rings. The van der Waals surface area contributed by atoms with Crippen LogP contribution in [-0.4, -0.2) is 28.5 Å². The molecule has 2 aromatic carbocycles. The van der Waals surface area contributed by atoms with Gasteiger partial charge in [-0.1, -0.05) is 98.9 Å². The molecular weight excluding hydrogens is 584 g/mol. The van der Waals surface area contributed by atoms with Crippen molar-refractivity contribution in [1.82, 2.24) is 4.72 Å². The number of hydrogen-bond donors (Lipinski definition) is 2. The summed E-state index contributed by atoms with van der Waals surface area (Å²) in [5.74, 6) is -1.09. The van der Waals surface area contributed by atoms with E-state index in [0.717, 1.165) is 5.56 Å². The highest BCUT2D eigenvalue weighted by molar-refractivity contribution is 7.89. The van der Waals surface area contributed by atoms with Crippen LogP contribution >= 0.6 is 81.2 Å². The van der Waals surface area contributed by atoms with Gasteiger partial charge in [-0.05, 0) is 43.3 Å². The van der Waals surface area contributed by atoms with Gasteiger partial charge in [-0.15, -0.1) is 0 Å². The molecule has 0 amide bonds. The number of anilines is 1. The minimum atomic E-state index is -4.40. The molecule has 0 saturated heterocycles. The van der Waals surface area contributed by atoms with E-state index in [9.17, 15) is 13.2 Å². The van der Waals surface area contributed by atoms with Gasteiger partial charge in [0.1, 0.15) is 5.03 Å². The maximum absolute atomic E-state index is 13.3. The third kappa shape index (κ3) is 4.35. The van der Waals surface area contributed by atoms with Crippen LogP contribution < -0.4 is 10.0 Å². The second-order valence-corrected chi connectivity index (χ2v) is 12.4. The number of rotatable bonds is 5. The van der Waals surface area contributed by atoms with Crippen LogP contribution in [0.4, 0.5) is 5.69 Å². The zero-order valence-electron chi connectivity index (χ0n) is 15.9. The van der Waals surface area contributed by atoms with Gasteiger partial charge < -0.3 is 5.32 Å². The summed E-state index contributed by atoms with van der Waals surface area (Å²) in [7, 11) is -4.40. The third-order valence-electron chi connectivity index (χ3n) is 4.67. The van der Waals surface area contributed by atoms with Gasteiger partial charge in [-0.3, -0.25) is 4.79 Å². The summed E-state index contributed by atoms with van der Waals surface area (Å²) >= 11 is 43.9. The van der Waals surface area contributed by atoms with Gasteiger partial charge >= 0.3 is 0 Å². The largest absolute Gasteiger partial charge is 0.359 e. The van der Waals surface area contributed by atoms with E-state index in [2.05, 4.69) is 10.0 Å². The summed E-state index contributed by atoms with van der Waals surface area (Å²) in [4.78, 5) is 12.4. The standard InChI is InChI=1S/C19H13Cl7N2O3S/c1-10-2-6-12(7-3-10)27-18(28-32(30,31)13-8-4-11(20)5-9-13)15(22)14(21)16(29)17(23,24)19(18,25)26/h2-9,27-28H,1H3/t18-/m1/s1. The van der Waals surface area contributed by atoms with E-state index in [1.165, 1.54) is 24.3 Å². The number of sulfonamides is 1. The summed E-state index contributed by atoms with van der Waals surface area (Å²) in [5.41, 5.74) is -1.13. The number of aryl methyl sites for hydroxylation is 1. The number of carbonyl (C=O) groups is 1. The molecule has 0 bridgehead atoms. The van der Waals surface area contributed by atoms with E-state index in [-0.39, 0.29) is 4.90 Å². The zero-order valence-corrected chi connectivity index (χ0v) is 22.0. The highest BCUT2D eigenvalue weighted by atomic mass is 35.5. The fourth-order valence-electron chi connectivity index (χ4n) is 2.91.